The van der Waals surface area contributed by atoms with Crippen molar-refractivity contribution < 1.29 is 34.2 Å². The van der Waals surface area contributed by atoms with Crippen LogP contribution in [0.3, 0.4) is 0 Å². The minimum absolute atomic E-state index is 0. The van der Waals surface area contributed by atoms with Crippen LogP contribution in [0.15, 0.2) is 30.3 Å². The molecule has 0 saturated carbocycles. The zero-order valence-electron chi connectivity index (χ0n) is 21.2. The monoisotopic (exact) mass is 574 g/mol. The number of rotatable bonds is 7. The molecule has 0 amide bonds. The molecule has 2 rings (SSSR count). The molecule has 1 fully saturated rings. The Kier molecular flexibility index (Phi) is 37.8. The standard InChI is InChI=1S/C6H7N2.2C6H16P2.C4H8O.ClH.Fe/c7-8-6-4-2-1-3-5-6;2*1-7(2)5-6-8(3)4;1-2-4-5-3-1;;/h1-5H,7H2;2*5-6H2,1-4H3;1-4H2;1H;/q-1;;;;;+3/p+3. The molecule has 0 bridgehead atoms. The Morgan fingerprint density at radius 2 is 1.03 bits per heavy atom. The van der Waals surface area contributed by atoms with Gasteiger partial charge in [0.2, 0.25) is 0 Å². The molecule has 3 nitrogen and oxygen atoms in total. The Balaban J connectivity index is -0.000000155. The second-order valence-electron chi connectivity index (χ2n) is 8.61. The predicted molar refractivity (Wildman–Crippen MR) is 154 cm³/mol. The van der Waals surface area contributed by atoms with E-state index in [1.165, 1.54) is 37.5 Å². The SMILES string of the molecule is C1CCOC1.C[PH+](C)CC[PH+](C)C.C[PH+](C)CC[PH+](C)C.N[N-]c1ccccc1.[Cl-].[Fe+3]. The summed E-state index contributed by atoms with van der Waals surface area (Å²) in [6.07, 6.45) is 8.69. The average Bonchev–Trinajstić information content (AvgIpc) is 3.26. The summed E-state index contributed by atoms with van der Waals surface area (Å²) in [5.41, 5.74) is 4.28. The fourth-order valence-electron chi connectivity index (χ4n) is 2.02. The molecule has 9 heteroatoms. The Labute approximate surface area is 216 Å². The van der Waals surface area contributed by atoms with Crippen LogP contribution in [0.25, 0.3) is 5.43 Å². The van der Waals surface area contributed by atoms with E-state index >= 15 is 0 Å². The van der Waals surface area contributed by atoms with Crippen molar-refractivity contribution in [3.05, 3.63) is 35.8 Å². The Bertz CT molecular complexity index is 401. The second kappa shape index (κ2) is 29.5. The Hall–Kier alpha value is 1.47. The van der Waals surface area contributed by atoms with Crippen LogP contribution >= 0.6 is 31.7 Å². The fourth-order valence-corrected chi connectivity index (χ4v) is 10.0. The van der Waals surface area contributed by atoms with Gasteiger partial charge in [0, 0.05) is 66.5 Å². The summed E-state index contributed by atoms with van der Waals surface area (Å²) in [6.45, 7) is 21.2. The third-order valence-electron chi connectivity index (χ3n) is 3.98. The van der Waals surface area contributed by atoms with Gasteiger partial charge in [0.05, 0.1) is 24.6 Å². The maximum Gasteiger partial charge on any atom is 3.00 e. The molecule has 0 atom stereocenters. The molecular weight excluding hydrogens is 523 g/mol. The van der Waals surface area contributed by atoms with Gasteiger partial charge in [-0.2, -0.15) is 0 Å². The maximum atomic E-state index is 4.97. The summed E-state index contributed by atoms with van der Waals surface area (Å²) in [7, 11) is 0.383. The molecule has 185 valence electrons. The van der Waals surface area contributed by atoms with Gasteiger partial charge in [-0.05, 0) is 44.5 Å². The van der Waals surface area contributed by atoms with Crippen molar-refractivity contribution in [3.63, 3.8) is 0 Å². The first kappa shape index (κ1) is 39.7. The first-order valence-electron chi connectivity index (χ1n) is 10.9. The van der Waals surface area contributed by atoms with Gasteiger partial charge >= 0.3 is 17.1 Å². The van der Waals surface area contributed by atoms with E-state index in [-0.39, 0.29) is 61.2 Å². The van der Waals surface area contributed by atoms with E-state index in [0.717, 1.165) is 18.9 Å². The van der Waals surface area contributed by atoms with Crippen LogP contribution in [0.5, 0.6) is 0 Å². The second-order valence-corrected chi connectivity index (χ2v) is 20.3. The minimum atomic E-state index is 0. The van der Waals surface area contributed by atoms with E-state index in [0.29, 0.717) is 0 Å². The molecule has 1 heterocycles. The van der Waals surface area contributed by atoms with Crippen molar-refractivity contribution in [2.45, 2.75) is 12.8 Å². The molecule has 1 aliphatic heterocycles. The van der Waals surface area contributed by atoms with Gasteiger partial charge in [-0.25, -0.2) is 0 Å². The molecule has 1 saturated heterocycles. The summed E-state index contributed by atoms with van der Waals surface area (Å²) in [5, 5.41) is 0. The molecule has 1 radical (unpaired) electrons. The van der Waals surface area contributed by atoms with Crippen molar-refractivity contribution in [2.24, 2.45) is 5.84 Å². The molecule has 2 N–H and O–H groups in total. The van der Waals surface area contributed by atoms with Gasteiger partial charge in [-0.1, -0.05) is 30.3 Å². The van der Waals surface area contributed by atoms with E-state index in [2.05, 4.69) is 58.7 Å². The number of nitrogens with zero attached hydrogens (tertiary/aromatic N) is 1. The van der Waals surface area contributed by atoms with Gasteiger partial charge in [0.15, 0.2) is 0 Å². The number of hydrogen-bond acceptors (Lipinski definition) is 2. The van der Waals surface area contributed by atoms with Crippen LogP contribution in [0, 0.1) is 0 Å². The molecule has 1 aromatic rings. The fraction of sp³-hybridized carbons (Fsp3) is 0.727. The molecule has 1 aliphatic rings. The van der Waals surface area contributed by atoms with Gasteiger partial charge < -0.3 is 28.4 Å². The normalized spacial score (nSPS) is 11.9. The van der Waals surface area contributed by atoms with Crippen molar-refractivity contribution in [1.82, 2.24) is 0 Å². The molecule has 31 heavy (non-hydrogen) atoms. The van der Waals surface area contributed by atoms with Crippen LogP contribution in [-0.2, 0) is 21.8 Å². The van der Waals surface area contributed by atoms with Crippen LogP contribution in [0.4, 0.5) is 5.69 Å². The Morgan fingerprint density at radius 3 is 1.19 bits per heavy atom. The van der Waals surface area contributed by atoms with Gasteiger partial charge in [-0.3, -0.25) is 0 Å². The topological polar surface area (TPSA) is 49.4 Å². The zero-order chi connectivity index (χ0) is 22.5. The first-order chi connectivity index (χ1) is 13.7. The van der Waals surface area contributed by atoms with E-state index in [9.17, 15) is 0 Å². The summed E-state index contributed by atoms with van der Waals surface area (Å²) in [5.74, 6) is 4.97. The molecule has 0 aromatic heterocycles. The van der Waals surface area contributed by atoms with Crippen molar-refractivity contribution in [2.75, 3.05) is 91.2 Å². The molecule has 1 aromatic carbocycles. The van der Waals surface area contributed by atoms with Gasteiger partial charge in [0.1, 0.15) is 0 Å². The average molecular weight is 575 g/mol. The third-order valence-corrected chi connectivity index (χ3v) is 9.98. The van der Waals surface area contributed by atoms with Crippen LogP contribution < -0.4 is 18.2 Å². The quantitative estimate of drug-likeness (QED) is 0.235. The van der Waals surface area contributed by atoms with Crippen LogP contribution in [0.2, 0.25) is 0 Å². The maximum absolute atomic E-state index is 4.97. The number of nitrogens with two attached hydrogens (primary N) is 1. The number of ether oxygens (including phenoxy) is 1. The number of hydrogen-bond donors (Lipinski definition) is 1. The third kappa shape index (κ3) is 39.0. The van der Waals surface area contributed by atoms with Crippen molar-refractivity contribution >= 4 is 37.4 Å². The van der Waals surface area contributed by atoms with Gasteiger partial charge in [0.25, 0.3) is 0 Å². The predicted octanol–water partition coefficient (Wildman–Crippen LogP) is 3.23. The van der Waals surface area contributed by atoms with E-state index in [4.69, 9.17) is 10.6 Å². The molecule has 0 unspecified atom stereocenters. The van der Waals surface area contributed by atoms with Crippen LogP contribution in [0.1, 0.15) is 12.8 Å². The molecule has 0 aliphatic carbocycles. The summed E-state index contributed by atoms with van der Waals surface area (Å²) in [4.78, 5) is 0. The van der Waals surface area contributed by atoms with E-state index in [1.807, 2.05) is 30.3 Å². The smallest absolute Gasteiger partial charge is 1.00 e. The molecule has 0 spiro atoms. The van der Waals surface area contributed by atoms with Crippen LogP contribution in [-0.4, -0.2) is 91.2 Å². The van der Waals surface area contributed by atoms with Gasteiger partial charge in [-0.15, -0.1) is 5.69 Å². The van der Waals surface area contributed by atoms with E-state index < -0.39 is 0 Å². The van der Waals surface area contributed by atoms with Crippen molar-refractivity contribution in [3.8, 4) is 0 Å². The Morgan fingerprint density at radius 1 is 0.710 bits per heavy atom. The number of halogens is 1. The largest absolute Gasteiger partial charge is 3.00 e. The summed E-state index contributed by atoms with van der Waals surface area (Å²) in [6, 6.07) is 9.41. The first-order valence-corrected chi connectivity index (χ1v) is 21.7. The van der Waals surface area contributed by atoms with E-state index in [1.54, 1.807) is 0 Å². The minimum Gasteiger partial charge on any atom is -1.00 e. The number of benzene rings is 1. The van der Waals surface area contributed by atoms with Crippen molar-refractivity contribution in [1.29, 1.82) is 0 Å². The summed E-state index contributed by atoms with van der Waals surface area (Å²) < 4.78 is 4.94. The molecular formula is C22H51ClFeN2OP4+5. The zero-order valence-corrected chi connectivity index (χ0v) is 27.1. The summed E-state index contributed by atoms with van der Waals surface area (Å²) >= 11 is 0.